The number of Topliss-reactive ketones (excluding diaryl/α,β-unsaturated/α-hetero) is 1. The van der Waals surface area contributed by atoms with Gasteiger partial charge in [-0.3, -0.25) is 14.5 Å². The molecule has 1 fully saturated rings. The fourth-order valence-electron chi connectivity index (χ4n) is 3.87. The summed E-state index contributed by atoms with van der Waals surface area (Å²) in [4.78, 5) is 27.7. The Bertz CT molecular complexity index is 1520. The summed E-state index contributed by atoms with van der Waals surface area (Å²) in [7, 11) is 0. The maximum absolute atomic E-state index is 14.0. The Labute approximate surface area is 229 Å². The van der Waals surface area contributed by atoms with Crippen molar-refractivity contribution < 1.29 is 19.1 Å². The lowest BCUT2D eigenvalue weighted by atomic mass is 9.95. The number of hydrogen-bond donors (Lipinski definition) is 1. The molecule has 0 aliphatic carbocycles. The van der Waals surface area contributed by atoms with Gasteiger partial charge in [-0.05, 0) is 53.6 Å². The van der Waals surface area contributed by atoms with Gasteiger partial charge in [0.1, 0.15) is 11.6 Å². The Morgan fingerprint density at radius 3 is 2.30 bits per heavy atom. The van der Waals surface area contributed by atoms with E-state index in [0.717, 1.165) is 11.3 Å². The van der Waals surface area contributed by atoms with Gasteiger partial charge in [-0.25, -0.2) is 4.39 Å². The SMILES string of the molecule is O=C1C(=O)N(c2nnc(SCc3ccccc3F)s2)C(c2ccc(Cl)cc2)/C1=C(/O)c1ccc(Cl)cc1. The number of hydrogen-bond acceptors (Lipinski definition) is 7. The van der Waals surface area contributed by atoms with Crippen molar-refractivity contribution in [2.45, 2.75) is 16.1 Å². The average Bonchev–Trinajstić information content (AvgIpc) is 3.46. The second-order valence-electron chi connectivity index (χ2n) is 7.96. The Balaban J connectivity index is 1.54. The van der Waals surface area contributed by atoms with Crippen molar-refractivity contribution in [3.63, 3.8) is 0 Å². The zero-order valence-corrected chi connectivity index (χ0v) is 21.9. The van der Waals surface area contributed by atoms with E-state index in [-0.39, 0.29) is 22.3 Å². The van der Waals surface area contributed by atoms with Crippen LogP contribution in [0.4, 0.5) is 9.52 Å². The molecular formula is C26H16Cl2FN3O3S2. The molecule has 5 rings (SSSR count). The van der Waals surface area contributed by atoms with E-state index >= 15 is 0 Å². The van der Waals surface area contributed by atoms with Crippen LogP contribution in [0, 0.1) is 5.82 Å². The molecule has 1 atom stereocenters. The van der Waals surface area contributed by atoms with Gasteiger partial charge in [-0.1, -0.05) is 76.6 Å². The highest BCUT2D eigenvalue weighted by molar-refractivity contribution is 8.00. The fraction of sp³-hybridized carbons (Fsp3) is 0.0769. The highest BCUT2D eigenvalue weighted by Crippen LogP contribution is 2.44. The Hall–Kier alpha value is -3.24. The molecule has 1 aliphatic heterocycles. The van der Waals surface area contributed by atoms with Crippen molar-refractivity contribution in [3.8, 4) is 0 Å². The number of ketones is 1. The zero-order valence-electron chi connectivity index (χ0n) is 18.8. The summed E-state index contributed by atoms with van der Waals surface area (Å²) in [6.07, 6.45) is 0. The Morgan fingerprint density at radius 2 is 1.62 bits per heavy atom. The maximum atomic E-state index is 14.0. The van der Waals surface area contributed by atoms with Crippen LogP contribution >= 0.6 is 46.3 Å². The van der Waals surface area contributed by atoms with E-state index in [1.807, 2.05) is 0 Å². The molecule has 0 radical (unpaired) electrons. The van der Waals surface area contributed by atoms with Gasteiger partial charge < -0.3 is 5.11 Å². The quantitative estimate of drug-likeness (QED) is 0.0890. The standard InChI is InChI=1S/C26H16Cl2FN3O3S2/c27-17-9-5-14(6-10-17)21-20(22(33)15-7-11-18(28)12-8-15)23(34)24(35)32(21)25-30-31-26(37-25)36-13-16-3-1-2-4-19(16)29/h1-12,21,33H,13H2/b22-20-. The van der Waals surface area contributed by atoms with E-state index in [2.05, 4.69) is 10.2 Å². The number of aromatic nitrogens is 2. The number of benzene rings is 3. The first-order chi connectivity index (χ1) is 17.8. The van der Waals surface area contributed by atoms with Crippen molar-refractivity contribution in [3.05, 3.63) is 111 Å². The van der Waals surface area contributed by atoms with E-state index in [0.29, 0.717) is 36.8 Å². The van der Waals surface area contributed by atoms with E-state index in [1.54, 1.807) is 66.7 Å². The zero-order chi connectivity index (χ0) is 26.1. The minimum Gasteiger partial charge on any atom is -0.507 e. The van der Waals surface area contributed by atoms with E-state index in [4.69, 9.17) is 23.2 Å². The molecule has 1 aliphatic rings. The van der Waals surface area contributed by atoms with Crippen LogP contribution in [0.15, 0.2) is 82.7 Å². The number of halogens is 3. The van der Waals surface area contributed by atoms with Crippen LogP contribution < -0.4 is 4.90 Å². The molecule has 0 bridgehead atoms. The first-order valence-electron chi connectivity index (χ1n) is 10.9. The second kappa shape index (κ2) is 10.6. The minimum absolute atomic E-state index is 0.0922. The molecule has 3 aromatic carbocycles. The number of carbonyl (C=O) groups is 2. The summed E-state index contributed by atoms with van der Waals surface area (Å²) < 4.78 is 14.5. The molecule has 186 valence electrons. The first-order valence-corrected chi connectivity index (χ1v) is 13.4. The lowest BCUT2D eigenvalue weighted by Gasteiger charge is -2.22. The maximum Gasteiger partial charge on any atom is 0.301 e. The van der Waals surface area contributed by atoms with Gasteiger partial charge in [0.2, 0.25) is 5.13 Å². The number of thioether (sulfide) groups is 1. The number of carbonyl (C=O) groups excluding carboxylic acids is 2. The Kier molecular flexibility index (Phi) is 7.30. The van der Waals surface area contributed by atoms with Crippen LogP contribution in [0.2, 0.25) is 10.0 Å². The number of aliphatic hydroxyl groups excluding tert-OH is 1. The smallest absolute Gasteiger partial charge is 0.301 e. The van der Waals surface area contributed by atoms with Gasteiger partial charge in [0.15, 0.2) is 4.34 Å². The van der Waals surface area contributed by atoms with Crippen molar-refractivity contribution in [1.82, 2.24) is 10.2 Å². The van der Waals surface area contributed by atoms with Crippen LogP contribution in [-0.2, 0) is 15.3 Å². The molecule has 37 heavy (non-hydrogen) atoms. The highest BCUT2D eigenvalue weighted by atomic mass is 35.5. The predicted octanol–water partition coefficient (Wildman–Crippen LogP) is 6.90. The largest absolute Gasteiger partial charge is 0.507 e. The molecule has 6 nitrogen and oxygen atoms in total. The molecule has 1 N–H and O–H groups in total. The first kappa shape index (κ1) is 25.4. The molecule has 0 spiro atoms. The third kappa shape index (κ3) is 5.13. The molecule has 0 saturated carbocycles. The summed E-state index contributed by atoms with van der Waals surface area (Å²) in [5.41, 5.74) is 1.30. The molecule has 1 aromatic heterocycles. The van der Waals surface area contributed by atoms with E-state index < -0.39 is 17.7 Å². The van der Waals surface area contributed by atoms with Crippen LogP contribution in [0.3, 0.4) is 0 Å². The van der Waals surface area contributed by atoms with E-state index in [1.165, 1.54) is 22.7 Å². The predicted molar refractivity (Wildman–Crippen MR) is 144 cm³/mol. The topological polar surface area (TPSA) is 83.4 Å². The number of amides is 1. The van der Waals surface area contributed by atoms with Crippen molar-refractivity contribution in [1.29, 1.82) is 0 Å². The molecule has 2 heterocycles. The molecule has 1 saturated heterocycles. The lowest BCUT2D eigenvalue weighted by molar-refractivity contribution is -0.132. The second-order valence-corrected chi connectivity index (χ2v) is 11.0. The van der Waals surface area contributed by atoms with Gasteiger partial charge in [0.25, 0.3) is 5.78 Å². The van der Waals surface area contributed by atoms with Crippen LogP contribution in [0.25, 0.3) is 5.76 Å². The number of anilines is 1. The monoisotopic (exact) mass is 571 g/mol. The molecular weight excluding hydrogens is 556 g/mol. The average molecular weight is 572 g/mol. The normalized spacial score (nSPS) is 16.9. The van der Waals surface area contributed by atoms with Gasteiger partial charge in [-0.2, -0.15) is 0 Å². The number of rotatable bonds is 6. The fourth-order valence-corrected chi connectivity index (χ4v) is 5.97. The van der Waals surface area contributed by atoms with Gasteiger partial charge in [0, 0.05) is 21.4 Å². The molecule has 1 amide bonds. The van der Waals surface area contributed by atoms with Gasteiger partial charge in [-0.15, -0.1) is 10.2 Å². The van der Waals surface area contributed by atoms with Gasteiger partial charge >= 0.3 is 5.91 Å². The van der Waals surface area contributed by atoms with Crippen molar-refractivity contribution in [2.75, 3.05) is 4.90 Å². The van der Waals surface area contributed by atoms with Gasteiger partial charge in [0.05, 0.1) is 11.6 Å². The summed E-state index contributed by atoms with van der Waals surface area (Å²) >= 11 is 14.4. The minimum atomic E-state index is -0.967. The molecule has 4 aromatic rings. The van der Waals surface area contributed by atoms with Crippen LogP contribution in [0.5, 0.6) is 0 Å². The number of aliphatic hydroxyl groups is 1. The Morgan fingerprint density at radius 1 is 0.973 bits per heavy atom. The van der Waals surface area contributed by atoms with Crippen molar-refractivity contribution >= 4 is 68.9 Å². The lowest BCUT2D eigenvalue weighted by Crippen LogP contribution is -2.29. The van der Waals surface area contributed by atoms with Crippen LogP contribution in [-0.4, -0.2) is 27.0 Å². The highest BCUT2D eigenvalue weighted by Gasteiger charge is 2.48. The summed E-state index contributed by atoms with van der Waals surface area (Å²) in [6.45, 7) is 0. The molecule has 1 unspecified atom stereocenters. The molecule has 11 heteroatoms. The van der Waals surface area contributed by atoms with E-state index in [9.17, 15) is 19.1 Å². The third-order valence-corrected chi connectivity index (χ3v) is 8.27. The number of nitrogens with zero attached hydrogens (tertiary/aromatic N) is 3. The summed E-state index contributed by atoms with van der Waals surface area (Å²) in [5.74, 6) is -2.05. The van der Waals surface area contributed by atoms with Crippen molar-refractivity contribution in [2.24, 2.45) is 0 Å². The summed E-state index contributed by atoms with van der Waals surface area (Å²) in [5, 5.41) is 20.5. The third-order valence-electron chi connectivity index (χ3n) is 5.66. The van der Waals surface area contributed by atoms with Crippen LogP contribution in [0.1, 0.15) is 22.7 Å². The summed E-state index contributed by atoms with van der Waals surface area (Å²) in [6, 6.07) is 18.4.